The molecule has 9 heteroatoms. The van der Waals surface area contributed by atoms with E-state index in [2.05, 4.69) is 63.0 Å². The first-order chi connectivity index (χ1) is 18.9. The summed E-state index contributed by atoms with van der Waals surface area (Å²) in [7, 11) is -0.849. The van der Waals surface area contributed by atoms with Crippen LogP contribution in [-0.2, 0) is 14.0 Å². The average molecular weight is 680 g/mol. The maximum absolute atomic E-state index is 14.2. The Hall–Kier alpha value is -2.37. The number of amides is 1. The van der Waals surface area contributed by atoms with Crippen molar-refractivity contribution in [3.8, 4) is 11.5 Å². The largest absolute Gasteiger partial charge is 0.493 e. The van der Waals surface area contributed by atoms with Crippen molar-refractivity contribution in [2.45, 2.75) is 70.8 Å². The maximum Gasteiger partial charge on any atom is 0.337 e. The summed E-state index contributed by atoms with van der Waals surface area (Å²) in [6.45, 7) is 17.0. The van der Waals surface area contributed by atoms with Crippen molar-refractivity contribution in [3.05, 3.63) is 65.4 Å². The number of fused-ring (bicyclic) bond motifs is 2. The molecule has 1 aromatic carbocycles. The zero-order valence-electron chi connectivity index (χ0n) is 24.7. The van der Waals surface area contributed by atoms with E-state index in [0.717, 1.165) is 16.4 Å². The predicted molar refractivity (Wildman–Crippen MR) is 171 cm³/mol. The molecule has 0 fully saturated rings. The van der Waals surface area contributed by atoms with Gasteiger partial charge in [-0.05, 0) is 67.2 Å². The molecular weight excluding hydrogens is 637 g/mol. The van der Waals surface area contributed by atoms with Gasteiger partial charge in [-0.1, -0.05) is 68.2 Å². The molecule has 7 nitrogen and oxygen atoms in total. The van der Waals surface area contributed by atoms with Gasteiger partial charge in [0.2, 0.25) is 0 Å². The molecule has 0 saturated heterocycles. The Morgan fingerprint density at radius 1 is 1.25 bits per heavy atom. The van der Waals surface area contributed by atoms with E-state index in [1.807, 2.05) is 25.3 Å². The van der Waals surface area contributed by atoms with Crippen molar-refractivity contribution in [3.63, 3.8) is 0 Å². The molecule has 1 unspecified atom stereocenters. The summed E-state index contributed by atoms with van der Waals surface area (Å²) < 4.78 is 25.2. The van der Waals surface area contributed by atoms with Crippen molar-refractivity contribution < 1.29 is 28.2 Å². The van der Waals surface area contributed by atoms with Gasteiger partial charge in [-0.25, -0.2) is 4.79 Å². The molecule has 2 aliphatic rings. The molecule has 0 aliphatic carbocycles. The molecule has 2 atom stereocenters. The number of esters is 1. The molecule has 2 heterocycles. The lowest BCUT2D eigenvalue weighted by Gasteiger charge is -2.43. The molecule has 0 N–H and O–H groups in total. The van der Waals surface area contributed by atoms with Crippen molar-refractivity contribution in [2.75, 3.05) is 24.8 Å². The second-order valence-corrected chi connectivity index (χ2v) is 17.3. The monoisotopic (exact) mass is 679 g/mol. The average Bonchev–Trinajstić information content (AvgIpc) is 3.31. The maximum atomic E-state index is 14.2. The number of rotatable bonds is 11. The van der Waals surface area contributed by atoms with E-state index in [9.17, 15) is 9.59 Å². The van der Waals surface area contributed by atoms with Crippen LogP contribution in [0.2, 0.25) is 18.1 Å². The van der Waals surface area contributed by atoms with Crippen LogP contribution in [0.1, 0.15) is 56.5 Å². The zero-order chi connectivity index (χ0) is 29.7. The molecule has 0 spiro atoms. The second-order valence-electron chi connectivity index (χ2n) is 11.5. The number of allylic oxidation sites excluding steroid dienone is 2. The van der Waals surface area contributed by atoms with Crippen LogP contribution in [0.15, 0.2) is 54.3 Å². The Labute approximate surface area is 253 Å². The highest BCUT2D eigenvalue weighted by Crippen LogP contribution is 2.43. The number of nitrogens with zero attached hydrogens (tertiary/aromatic N) is 1. The third-order valence-corrected chi connectivity index (χ3v) is 12.8. The summed E-state index contributed by atoms with van der Waals surface area (Å²) in [6, 6.07) is 3.05. The fourth-order valence-electron chi connectivity index (χ4n) is 4.47. The van der Waals surface area contributed by atoms with Gasteiger partial charge in [-0.15, -0.1) is 0 Å². The number of halogens is 1. The van der Waals surface area contributed by atoms with E-state index in [1.54, 1.807) is 36.3 Å². The fraction of sp³-hybridized carbons (Fsp3) is 0.484. The minimum Gasteiger partial charge on any atom is -0.493 e. The Balaban J connectivity index is 2.30. The molecule has 0 radical (unpaired) electrons. The highest BCUT2D eigenvalue weighted by atomic mass is 127. The van der Waals surface area contributed by atoms with Crippen molar-refractivity contribution >= 4 is 48.9 Å². The third kappa shape index (κ3) is 7.09. The number of carbonyl (C=O) groups excluding carboxylic acids is 2. The van der Waals surface area contributed by atoms with Crippen LogP contribution in [0.5, 0.6) is 11.5 Å². The number of alkyl halides is 1. The van der Waals surface area contributed by atoms with Crippen LogP contribution < -0.4 is 9.47 Å². The van der Waals surface area contributed by atoms with Gasteiger partial charge in [0.05, 0.1) is 37.0 Å². The quantitative estimate of drug-likeness (QED) is 0.0621. The van der Waals surface area contributed by atoms with Gasteiger partial charge in [-0.2, -0.15) is 0 Å². The number of hydrogen-bond acceptors (Lipinski definition) is 6. The molecule has 218 valence electrons. The van der Waals surface area contributed by atoms with Crippen LogP contribution in [-0.4, -0.2) is 62.0 Å². The van der Waals surface area contributed by atoms with E-state index < -0.39 is 26.4 Å². The molecule has 40 heavy (non-hydrogen) atoms. The first-order valence-electron chi connectivity index (χ1n) is 13.6. The number of hydrogen-bond donors (Lipinski definition) is 0. The summed E-state index contributed by atoms with van der Waals surface area (Å²) in [6.07, 6.45) is 9.81. The van der Waals surface area contributed by atoms with Crippen molar-refractivity contribution in [2.24, 2.45) is 0 Å². The Bertz CT molecular complexity index is 1210. The van der Waals surface area contributed by atoms with E-state index >= 15 is 0 Å². The van der Waals surface area contributed by atoms with Crippen LogP contribution in [0.3, 0.4) is 0 Å². The smallest absolute Gasteiger partial charge is 0.337 e. The topological polar surface area (TPSA) is 74.3 Å². The van der Waals surface area contributed by atoms with Gasteiger partial charge in [-0.3, -0.25) is 4.79 Å². The lowest BCUT2D eigenvalue weighted by atomic mass is 9.92. The van der Waals surface area contributed by atoms with Crippen LogP contribution >= 0.6 is 22.6 Å². The van der Waals surface area contributed by atoms with Crippen molar-refractivity contribution in [1.82, 2.24) is 4.90 Å². The highest BCUT2D eigenvalue weighted by Gasteiger charge is 2.47. The molecule has 0 bridgehead atoms. The lowest BCUT2D eigenvalue weighted by molar-refractivity contribution is -0.139. The highest BCUT2D eigenvalue weighted by molar-refractivity contribution is 14.1. The third-order valence-electron chi connectivity index (χ3n) is 7.59. The fourth-order valence-corrected chi connectivity index (χ4v) is 6.05. The van der Waals surface area contributed by atoms with E-state index in [4.69, 9.17) is 18.6 Å². The van der Waals surface area contributed by atoms with Crippen LogP contribution in [0.25, 0.3) is 6.08 Å². The molecule has 2 aliphatic heterocycles. The normalized spacial score (nSPS) is 20.6. The van der Waals surface area contributed by atoms with Gasteiger partial charge in [0.25, 0.3) is 5.91 Å². The Morgan fingerprint density at radius 2 is 1.98 bits per heavy atom. The number of benzene rings is 1. The van der Waals surface area contributed by atoms with E-state index in [-0.39, 0.29) is 17.6 Å². The Morgan fingerprint density at radius 3 is 2.58 bits per heavy atom. The van der Waals surface area contributed by atoms with Crippen LogP contribution in [0, 0.1) is 0 Å². The Kier molecular flexibility index (Phi) is 10.9. The van der Waals surface area contributed by atoms with E-state index in [0.29, 0.717) is 41.2 Å². The van der Waals surface area contributed by atoms with Gasteiger partial charge in [0, 0.05) is 10.6 Å². The number of methoxy groups -OCH3 is 1. The second kappa shape index (κ2) is 13.5. The zero-order valence-corrected chi connectivity index (χ0v) is 27.9. The van der Waals surface area contributed by atoms with Gasteiger partial charge >= 0.3 is 5.97 Å². The summed E-state index contributed by atoms with van der Waals surface area (Å²) in [5.74, 6) is 0.300. The first kappa shape index (κ1) is 32.1. The molecule has 0 aromatic heterocycles. The van der Waals surface area contributed by atoms with Gasteiger partial charge in [0.1, 0.15) is 6.61 Å². The molecule has 0 saturated carbocycles. The summed E-state index contributed by atoms with van der Waals surface area (Å²) in [4.78, 5) is 29.6. The minimum absolute atomic E-state index is 0.0680. The molecular formula is C31H42INO6Si. The number of ether oxygens (including phenoxy) is 3. The number of carbonyl (C=O) groups is 2. The van der Waals surface area contributed by atoms with Gasteiger partial charge < -0.3 is 23.5 Å². The van der Waals surface area contributed by atoms with Crippen molar-refractivity contribution in [1.29, 1.82) is 0 Å². The van der Waals surface area contributed by atoms with Gasteiger partial charge in [0.15, 0.2) is 19.8 Å². The lowest BCUT2D eigenvalue weighted by Crippen LogP contribution is -2.53. The van der Waals surface area contributed by atoms with Crippen LogP contribution in [0.4, 0.5) is 0 Å². The summed E-state index contributed by atoms with van der Waals surface area (Å²) in [5.41, 5.74) is 2.32. The standard InChI is InChI=1S/C31H42INO6Si/c1-9-12-21-16-25-28(39-40(7,8)31(3,4)5)24(30(35)38-14-10-2)17-22-18-27(37-15-11-13-32)26(36-6)19-23(22)29(34)33(25)20-21/h9-10,12,17-20,25,28H,2,11,13-16H2,1,3-8H3/b12-9+,24-17-/t25-,28?/m0/s1. The summed E-state index contributed by atoms with van der Waals surface area (Å²) >= 11 is 2.30. The molecule has 3 rings (SSSR count). The first-order valence-corrected chi connectivity index (χ1v) is 18.1. The molecule has 1 amide bonds. The SMILES string of the molecule is C=CCOC(=O)/C1=C\c2cc(OCCCI)c(OC)cc2C(=O)N2C=C(/C=C/C)C[C@H]2C1O[Si](C)(C)C(C)(C)C. The summed E-state index contributed by atoms with van der Waals surface area (Å²) in [5, 5.41) is -0.122. The predicted octanol–water partition coefficient (Wildman–Crippen LogP) is 7.09. The molecule has 1 aromatic rings. The minimum atomic E-state index is -2.40. The van der Waals surface area contributed by atoms with E-state index in [1.165, 1.54) is 0 Å².